The third kappa shape index (κ3) is 4.47. The van der Waals surface area contributed by atoms with E-state index in [1.807, 2.05) is 18.2 Å². The van der Waals surface area contributed by atoms with E-state index in [0.29, 0.717) is 31.9 Å². The maximum Gasteiger partial charge on any atom is 0.318 e. The first-order valence-corrected chi connectivity index (χ1v) is 8.56. The van der Waals surface area contributed by atoms with E-state index >= 15 is 0 Å². The van der Waals surface area contributed by atoms with Crippen molar-refractivity contribution in [3.8, 4) is 0 Å². The van der Waals surface area contributed by atoms with Crippen molar-refractivity contribution in [2.24, 2.45) is 0 Å². The number of urea groups is 1. The monoisotopic (exact) mass is 354 g/mol. The van der Waals surface area contributed by atoms with E-state index < -0.39 is 6.04 Å². The molecular weight excluding hydrogens is 332 g/mol. The van der Waals surface area contributed by atoms with Gasteiger partial charge in [-0.05, 0) is 31.2 Å². The minimum Gasteiger partial charge on any atom is -0.353 e. The third-order valence-electron chi connectivity index (χ3n) is 4.22. The highest BCUT2D eigenvalue weighted by molar-refractivity contribution is 5.96. The number of nitrogens with zero attached hydrogens (tertiary/aromatic N) is 4. The number of piperazine rings is 1. The molecule has 8 nitrogen and oxygen atoms in total. The lowest BCUT2D eigenvalue weighted by molar-refractivity contribution is -0.117. The molecule has 0 aromatic carbocycles. The van der Waals surface area contributed by atoms with E-state index in [0.717, 1.165) is 5.82 Å². The first kappa shape index (κ1) is 17.7. The number of amides is 3. The lowest BCUT2D eigenvalue weighted by Crippen LogP contribution is -2.54. The number of carbonyl (C=O) groups is 2. The molecule has 1 aliphatic rings. The minimum absolute atomic E-state index is 0.233. The molecule has 3 rings (SSSR count). The predicted molar refractivity (Wildman–Crippen MR) is 98.9 cm³/mol. The lowest BCUT2D eigenvalue weighted by atomic mass is 10.3. The topological polar surface area (TPSA) is 90.5 Å². The fourth-order valence-electron chi connectivity index (χ4n) is 2.71. The second-order valence-electron chi connectivity index (χ2n) is 6.06. The smallest absolute Gasteiger partial charge is 0.318 e. The summed E-state index contributed by atoms with van der Waals surface area (Å²) < 4.78 is 0. The van der Waals surface area contributed by atoms with Gasteiger partial charge in [-0.2, -0.15) is 0 Å². The van der Waals surface area contributed by atoms with Crippen LogP contribution in [0.15, 0.2) is 48.9 Å². The molecule has 0 bridgehead atoms. The maximum atomic E-state index is 12.4. The molecule has 136 valence electrons. The lowest BCUT2D eigenvalue weighted by Gasteiger charge is -2.35. The molecule has 2 aromatic rings. The molecule has 2 N–H and O–H groups in total. The van der Waals surface area contributed by atoms with Gasteiger partial charge in [-0.3, -0.25) is 9.78 Å². The van der Waals surface area contributed by atoms with Gasteiger partial charge in [0.2, 0.25) is 5.91 Å². The summed E-state index contributed by atoms with van der Waals surface area (Å²) in [6, 6.07) is 8.32. The molecule has 1 fully saturated rings. The van der Waals surface area contributed by atoms with Gasteiger partial charge in [0.05, 0.1) is 0 Å². The zero-order valence-corrected chi connectivity index (χ0v) is 14.6. The fourth-order valence-corrected chi connectivity index (χ4v) is 2.71. The van der Waals surface area contributed by atoms with E-state index in [1.165, 1.54) is 0 Å². The second-order valence-corrected chi connectivity index (χ2v) is 6.06. The van der Waals surface area contributed by atoms with Crippen molar-refractivity contribution in [2.45, 2.75) is 13.0 Å². The highest BCUT2D eigenvalue weighted by Crippen LogP contribution is 2.12. The van der Waals surface area contributed by atoms with Crippen LogP contribution in [0.4, 0.5) is 16.3 Å². The standard InChI is InChI=1S/C18H22N6O2/c1-14(17(25)22-15-5-8-19-9-6-15)21-18(26)24-12-10-23(11-13-24)16-4-2-3-7-20-16/h2-9,14H,10-13H2,1H3,(H,21,26)(H,19,22,25). The number of hydrogen-bond acceptors (Lipinski definition) is 5. The number of anilines is 2. The van der Waals surface area contributed by atoms with Gasteiger partial charge in [0.15, 0.2) is 0 Å². The SMILES string of the molecule is CC(NC(=O)N1CCN(c2ccccn2)CC1)C(=O)Nc1ccncc1. The second kappa shape index (κ2) is 8.28. The van der Waals surface area contributed by atoms with Gasteiger partial charge in [-0.1, -0.05) is 6.07 Å². The Balaban J connectivity index is 1.47. The summed E-state index contributed by atoms with van der Waals surface area (Å²) in [6.07, 6.45) is 4.96. The highest BCUT2D eigenvalue weighted by atomic mass is 16.2. The first-order valence-electron chi connectivity index (χ1n) is 8.56. The summed E-state index contributed by atoms with van der Waals surface area (Å²) in [5, 5.41) is 5.50. The summed E-state index contributed by atoms with van der Waals surface area (Å²) in [7, 11) is 0. The van der Waals surface area contributed by atoms with Crippen LogP contribution in [0.25, 0.3) is 0 Å². The average molecular weight is 354 g/mol. The number of pyridine rings is 2. The van der Waals surface area contributed by atoms with Crippen LogP contribution in [0.1, 0.15) is 6.92 Å². The minimum atomic E-state index is -0.635. The van der Waals surface area contributed by atoms with Crippen molar-refractivity contribution in [3.63, 3.8) is 0 Å². The maximum absolute atomic E-state index is 12.4. The molecule has 0 spiro atoms. The highest BCUT2D eigenvalue weighted by Gasteiger charge is 2.24. The summed E-state index contributed by atoms with van der Waals surface area (Å²) in [4.78, 5) is 36.7. The van der Waals surface area contributed by atoms with Crippen molar-refractivity contribution >= 4 is 23.4 Å². The summed E-state index contributed by atoms with van der Waals surface area (Å²) in [5.74, 6) is 0.648. The molecule has 0 aliphatic carbocycles. The largest absolute Gasteiger partial charge is 0.353 e. The molecule has 0 saturated carbocycles. The predicted octanol–water partition coefficient (Wildman–Crippen LogP) is 1.34. The van der Waals surface area contributed by atoms with Gasteiger partial charge >= 0.3 is 6.03 Å². The van der Waals surface area contributed by atoms with Crippen LogP contribution in [-0.4, -0.2) is 59.0 Å². The molecule has 26 heavy (non-hydrogen) atoms. The third-order valence-corrected chi connectivity index (χ3v) is 4.22. The molecule has 0 radical (unpaired) electrons. The molecular formula is C18H22N6O2. The number of rotatable bonds is 4. The zero-order valence-electron chi connectivity index (χ0n) is 14.6. The number of carbonyl (C=O) groups excluding carboxylic acids is 2. The Kier molecular flexibility index (Phi) is 5.62. The fraction of sp³-hybridized carbons (Fsp3) is 0.333. The normalized spacial score (nSPS) is 15.3. The van der Waals surface area contributed by atoms with Crippen molar-refractivity contribution in [3.05, 3.63) is 48.9 Å². The van der Waals surface area contributed by atoms with Crippen LogP contribution >= 0.6 is 0 Å². The van der Waals surface area contributed by atoms with Gasteiger partial charge in [-0.25, -0.2) is 9.78 Å². The molecule has 8 heteroatoms. The summed E-state index contributed by atoms with van der Waals surface area (Å²) in [6.45, 7) is 4.25. The molecule has 2 aromatic heterocycles. The Bertz CT molecular complexity index is 732. The molecule has 3 heterocycles. The van der Waals surface area contributed by atoms with E-state index in [9.17, 15) is 9.59 Å². The van der Waals surface area contributed by atoms with Crippen molar-refractivity contribution in [2.75, 3.05) is 36.4 Å². The summed E-state index contributed by atoms with van der Waals surface area (Å²) >= 11 is 0. The zero-order chi connectivity index (χ0) is 18.4. The molecule has 1 saturated heterocycles. The van der Waals surface area contributed by atoms with Crippen LogP contribution in [0.2, 0.25) is 0 Å². The van der Waals surface area contributed by atoms with E-state index in [4.69, 9.17) is 0 Å². The Hall–Kier alpha value is -3.16. The van der Waals surface area contributed by atoms with Gasteiger partial charge in [0.25, 0.3) is 0 Å². The van der Waals surface area contributed by atoms with Crippen LogP contribution in [0.3, 0.4) is 0 Å². The van der Waals surface area contributed by atoms with Crippen LogP contribution < -0.4 is 15.5 Å². The quantitative estimate of drug-likeness (QED) is 0.865. The Labute approximate surface area is 152 Å². The van der Waals surface area contributed by atoms with Crippen molar-refractivity contribution in [1.29, 1.82) is 0 Å². The Morgan fingerprint density at radius 1 is 1.04 bits per heavy atom. The van der Waals surface area contributed by atoms with Gasteiger partial charge in [0.1, 0.15) is 11.9 Å². The molecule has 1 atom stereocenters. The van der Waals surface area contributed by atoms with E-state index in [-0.39, 0.29) is 11.9 Å². The van der Waals surface area contributed by atoms with Crippen molar-refractivity contribution in [1.82, 2.24) is 20.2 Å². The number of hydrogen-bond donors (Lipinski definition) is 2. The number of aromatic nitrogens is 2. The van der Waals surface area contributed by atoms with E-state index in [2.05, 4.69) is 25.5 Å². The van der Waals surface area contributed by atoms with Gasteiger partial charge < -0.3 is 20.4 Å². The number of nitrogens with one attached hydrogen (secondary N) is 2. The van der Waals surface area contributed by atoms with Crippen molar-refractivity contribution < 1.29 is 9.59 Å². The van der Waals surface area contributed by atoms with Crippen LogP contribution in [0, 0.1) is 0 Å². The Morgan fingerprint density at radius 3 is 2.42 bits per heavy atom. The van der Waals surface area contributed by atoms with Gasteiger partial charge in [-0.15, -0.1) is 0 Å². The van der Waals surface area contributed by atoms with Crippen LogP contribution in [-0.2, 0) is 4.79 Å². The van der Waals surface area contributed by atoms with Crippen LogP contribution in [0.5, 0.6) is 0 Å². The summed E-state index contributed by atoms with van der Waals surface area (Å²) in [5.41, 5.74) is 0.648. The first-order chi connectivity index (χ1) is 12.6. The average Bonchev–Trinajstić information content (AvgIpc) is 2.69. The van der Waals surface area contributed by atoms with Gasteiger partial charge in [0, 0.05) is 50.5 Å². The molecule has 1 unspecified atom stereocenters. The molecule has 3 amide bonds. The van der Waals surface area contributed by atoms with E-state index in [1.54, 1.807) is 42.5 Å². The molecule has 1 aliphatic heterocycles. The Morgan fingerprint density at radius 2 is 1.77 bits per heavy atom.